The van der Waals surface area contributed by atoms with E-state index in [2.05, 4.69) is 41.6 Å². The number of unbranched alkanes of at least 4 members (excludes halogenated alkanes) is 1. The summed E-state index contributed by atoms with van der Waals surface area (Å²) in [5.74, 6) is 1.60. The number of amides is 5. The highest BCUT2D eigenvalue weighted by atomic mass is 19.1. The van der Waals surface area contributed by atoms with E-state index in [9.17, 15) is 19.2 Å². The summed E-state index contributed by atoms with van der Waals surface area (Å²) in [6.07, 6.45) is 14.4. The molecule has 2 aromatic heterocycles. The van der Waals surface area contributed by atoms with Crippen molar-refractivity contribution in [2.45, 2.75) is 87.9 Å². The van der Waals surface area contributed by atoms with Crippen LogP contribution < -0.4 is 35.4 Å². The van der Waals surface area contributed by atoms with E-state index in [-0.39, 0.29) is 77.9 Å². The lowest BCUT2D eigenvalue weighted by molar-refractivity contribution is -0.131. The summed E-state index contributed by atoms with van der Waals surface area (Å²) in [6.45, 7) is 6.04. The summed E-state index contributed by atoms with van der Waals surface area (Å²) in [5.41, 5.74) is 1.88. The van der Waals surface area contributed by atoms with Crippen LogP contribution in [-0.2, 0) is 14.3 Å². The van der Waals surface area contributed by atoms with Crippen LogP contribution >= 0.6 is 0 Å². The first kappa shape index (κ1) is 48.1. The summed E-state index contributed by atoms with van der Waals surface area (Å²) < 4.78 is 44.5. The summed E-state index contributed by atoms with van der Waals surface area (Å²) in [6, 6.07) is 16.1. The predicted molar refractivity (Wildman–Crippen MR) is 271 cm³/mol. The number of hydrogen-bond donors (Lipinski definition) is 3. The van der Waals surface area contributed by atoms with Gasteiger partial charge in [0, 0.05) is 112 Å². The smallest absolute Gasteiger partial charge is 0.407 e. The molecule has 4 atom stereocenters. The number of halogens is 2. The van der Waals surface area contributed by atoms with Gasteiger partial charge < -0.3 is 34.8 Å². The molecule has 17 nitrogen and oxygen atoms in total. The van der Waals surface area contributed by atoms with Gasteiger partial charge in [0.25, 0.3) is 0 Å². The first-order valence-electron chi connectivity index (χ1n) is 25.6. The van der Waals surface area contributed by atoms with Gasteiger partial charge in [0.1, 0.15) is 36.1 Å². The zero-order chi connectivity index (χ0) is 50.2. The van der Waals surface area contributed by atoms with E-state index in [1.54, 1.807) is 35.4 Å². The highest BCUT2D eigenvalue weighted by Crippen LogP contribution is 2.44. The lowest BCUT2D eigenvalue weighted by Gasteiger charge is -2.36. The zero-order valence-corrected chi connectivity index (χ0v) is 40.7. The molecule has 0 aliphatic carbocycles. The molecule has 6 aliphatic heterocycles. The molecule has 5 amide bonds. The normalized spacial score (nSPS) is 22.9. The molecule has 0 radical (unpaired) electrons. The number of terminal acetylenes is 1. The van der Waals surface area contributed by atoms with Crippen molar-refractivity contribution in [1.82, 2.24) is 40.7 Å². The Hall–Kier alpha value is -7.17. The number of benzene rings is 3. The van der Waals surface area contributed by atoms with Gasteiger partial charge in [0.15, 0.2) is 5.82 Å². The molecule has 3 aromatic carbocycles. The fourth-order valence-electron chi connectivity index (χ4n) is 12.0. The molecule has 380 valence electrons. The van der Waals surface area contributed by atoms with Crippen LogP contribution in [0.2, 0.25) is 0 Å². The Bertz CT molecular complexity index is 2990. The maximum Gasteiger partial charge on any atom is 0.407 e. The topological polar surface area (TPSA) is 178 Å². The number of urea groups is 1. The Labute approximate surface area is 421 Å². The second kappa shape index (κ2) is 20.4. The van der Waals surface area contributed by atoms with Crippen molar-refractivity contribution >= 4 is 62.8 Å². The number of alkyl carbamates (subject to hydrolysis) is 1. The average molecular weight is 996 g/mol. The number of carbonyl (C=O) groups is 4. The summed E-state index contributed by atoms with van der Waals surface area (Å²) in [7, 11) is 0. The summed E-state index contributed by atoms with van der Waals surface area (Å²) in [5, 5.41) is 10.4. The van der Waals surface area contributed by atoms with E-state index >= 15 is 8.78 Å². The number of fused-ring (bicyclic) bond motifs is 5. The fraction of sp³-hybridized carbons (Fsp3) is 0.463. The number of pyridine rings is 1. The number of anilines is 3. The van der Waals surface area contributed by atoms with Crippen molar-refractivity contribution in [2.75, 3.05) is 86.8 Å². The molecule has 2 bridgehead atoms. The van der Waals surface area contributed by atoms with Crippen molar-refractivity contribution in [3.05, 3.63) is 78.0 Å². The van der Waals surface area contributed by atoms with Gasteiger partial charge in [-0.1, -0.05) is 30.2 Å². The van der Waals surface area contributed by atoms with Crippen LogP contribution in [0.25, 0.3) is 32.9 Å². The quantitative estimate of drug-likeness (QED) is 0.0859. The van der Waals surface area contributed by atoms with Gasteiger partial charge in [-0.3, -0.25) is 29.7 Å². The number of carbonyl (C=O) groups excluding carboxylic acids is 4. The number of ether oxygens (including phenoxy) is 2. The van der Waals surface area contributed by atoms with E-state index in [4.69, 9.17) is 25.9 Å². The maximum atomic E-state index is 17.1. The van der Waals surface area contributed by atoms with E-state index in [0.29, 0.717) is 99.2 Å². The maximum absolute atomic E-state index is 17.1. The molecule has 6 saturated heterocycles. The van der Waals surface area contributed by atoms with Crippen molar-refractivity contribution in [1.29, 1.82) is 0 Å². The molecule has 5 aromatic rings. The number of piperazine rings is 2. The Kier molecular flexibility index (Phi) is 13.4. The third-order valence-corrected chi connectivity index (χ3v) is 15.8. The molecule has 11 rings (SSSR count). The Balaban J connectivity index is 0.672. The minimum Gasteiger partial charge on any atom is -0.461 e. The van der Waals surface area contributed by atoms with E-state index in [1.165, 1.54) is 6.07 Å². The molecular formula is C54H59F2N11O6. The molecule has 3 N–H and O–H groups in total. The molecule has 19 heteroatoms. The minimum atomic E-state index is -0.672. The van der Waals surface area contributed by atoms with Gasteiger partial charge in [-0.05, 0) is 93.6 Å². The third-order valence-electron chi connectivity index (χ3n) is 15.8. The Morgan fingerprint density at radius 3 is 2.47 bits per heavy atom. The SMILES string of the molecule is C#Cc1c(F)ccc2cccc(-c3ncc4c(N5CC6CCC(C5)N6)nc(OC[C@@]56CCCN5[C@H](COC(=O)NCCCCC(=O)N5CCN(c7ccc(N8CCC(=O)NC8=O)cc7)CC5)CC6)nc4c3F)c12. The monoisotopic (exact) mass is 995 g/mol. The van der Waals surface area contributed by atoms with Gasteiger partial charge in [-0.25, -0.2) is 18.4 Å². The molecule has 8 heterocycles. The molecule has 0 spiro atoms. The largest absolute Gasteiger partial charge is 0.461 e. The molecular weight excluding hydrogens is 937 g/mol. The Morgan fingerprint density at radius 1 is 0.890 bits per heavy atom. The second-order valence-corrected chi connectivity index (χ2v) is 20.2. The van der Waals surface area contributed by atoms with Crippen LogP contribution in [-0.4, -0.2) is 144 Å². The molecule has 0 saturated carbocycles. The van der Waals surface area contributed by atoms with Gasteiger partial charge >= 0.3 is 18.1 Å². The first-order valence-corrected chi connectivity index (χ1v) is 25.6. The van der Waals surface area contributed by atoms with Crippen LogP contribution in [0.5, 0.6) is 6.01 Å². The van der Waals surface area contributed by atoms with Gasteiger partial charge in [-0.15, -0.1) is 6.42 Å². The summed E-state index contributed by atoms with van der Waals surface area (Å²) >= 11 is 0. The molecule has 6 aliphatic rings. The number of imide groups is 1. The molecule has 6 fully saturated rings. The van der Waals surface area contributed by atoms with E-state index in [1.807, 2.05) is 29.2 Å². The van der Waals surface area contributed by atoms with Crippen LogP contribution in [0.1, 0.15) is 69.8 Å². The van der Waals surface area contributed by atoms with Crippen molar-refractivity contribution < 1.29 is 37.4 Å². The third kappa shape index (κ3) is 9.65. The van der Waals surface area contributed by atoms with Crippen molar-refractivity contribution in [3.8, 4) is 29.6 Å². The lowest BCUT2D eigenvalue weighted by Crippen LogP contribution is -2.51. The van der Waals surface area contributed by atoms with E-state index < -0.39 is 23.8 Å². The van der Waals surface area contributed by atoms with Crippen LogP contribution in [0, 0.1) is 24.0 Å². The number of rotatable bonds is 14. The number of aromatic nitrogens is 3. The van der Waals surface area contributed by atoms with Gasteiger partial charge in [0.05, 0.1) is 16.5 Å². The van der Waals surface area contributed by atoms with Crippen molar-refractivity contribution in [2.24, 2.45) is 0 Å². The zero-order valence-electron chi connectivity index (χ0n) is 40.7. The number of nitrogens with zero attached hydrogens (tertiary/aromatic N) is 8. The molecule has 73 heavy (non-hydrogen) atoms. The predicted octanol–water partition coefficient (Wildman–Crippen LogP) is 6.11. The average Bonchev–Trinajstić information content (AvgIpc) is 4.09. The fourth-order valence-corrected chi connectivity index (χ4v) is 12.0. The second-order valence-electron chi connectivity index (χ2n) is 20.2. The van der Waals surface area contributed by atoms with Crippen LogP contribution in [0.3, 0.4) is 0 Å². The van der Waals surface area contributed by atoms with Gasteiger partial charge in [-0.2, -0.15) is 9.97 Å². The standard InChI is InChI=1S/C54H59F2N11O6/c1-2-40-43(55)17-10-34-7-5-8-41(46(34)40)48-47(56)49-42(29-58-48)50(65-30-35-11-12-36(31-65)59-35)62-51(61-49)73-33-54-20-6-23-67(54)39(18-21-54)32-72-53(71)57-22-4-3-9-45(69)64-27-25-63(26-28-64)37-13-15-38(16-14-37)66-24-19-44(68)60-52(66)70/h1,5,7-8,10,13-17,29,35-36,39,59H,3-4,6,9,11-12,18-28,30-33H2,(H,57,71)(H,60,68,70)/t35?,36?,39-,54-/m0/s1. The number of hydrogen-bond acceptors (Lipinski definition) is 13. The lowest BCUT2D eigenvalue weighted by atomic mass is 9.95. The Morgan fingerprint density at radius 2 is 1.68 bits per heavy atom. The highest BCUT2D eigenvalue weighted by Gasteiger charge is 2.50. The summed E-state index contributed by atoms with van der Waals surface area (Å²) in [4.78, 5) is 74.2. The van der Waals surface area contributed by atoms with Gasteiger partial charge in [0.2, 0.25) is 11.8 Å². The van der Waals surface area contributed by atoms with E-state index in [0.717, 1.165) is 56.4 Å². The first-order chi connectivity index (χ1) is 35.5. The highest BCUT2D eigenvalue weighted by molar-refractivity contribution is 6.06. The van der Waals surface area contributed by atoms with Crippen LogP contribution in [0.4, 0.5) is 35.6 Å². The van der Waals surface area contributed by atoms with Crippen molar-refractivity contribution in [3.63, 3.8) is 0 Å². The number of nitrogens with one attached hydrogen (secondary N) is 3. The minimum absolute atomic E-state index is 0.000871. The molecule has 2 unspecified atom stereocenters. The van der Waals surface area contributed by atoms with Crippen LogP contribution in [0.15, 0.2) is 60.8 Å².